The number of benzene rings is 2. The Hall–Kier alpha value is -3.76. The first-order valence-electron chi connectivity index (χ1n) is 11.6. The van der Waals surface area contributed by atoms with Crippen molar-refractivity contribution in [3.8, 4) is 5.75 Å². The Morgan fingerprint density at radius 2 is 1.78 bits per heavy atom. The molecule has 0 saturated carbocycles. The number of alkyl halides is 3. The Kier molecular flexibility index (Phi) is 7.37. The number of amides is 1. The summed E-state index contributed by atoms with van der Waals surface area (Å²) in [4.78, 5) is 34.2. The normalized spacial score (nSPS) is 20.5. The molecule has 2 aromatic rings. The van der Waals surface area contributed by atoms with E-state index in [2.05, 4.69) is 5.32 Å². The smallest absolute Gasteiger partial charge is 0.416 e. The molecule has 2 aliphatic rings. The minimum Gasteiger partial charge on any atom is -0.496 e. The number of nitrogens with zero attached hydrogens (tertiary/aromatic N) is 3. The van der Waals surface area contributed by atoms with Crippen LogP contribution in [0, 0.1) is 5.92 Å². The van der Waals surface area contributed by atoms with Crippen LogP contribution in [0.15, 0.2) is 53.5 Å². The standard InChI is InChI=1S/C25H27F3N4O4/c1-3-36-23(34)20-21(18-9-4-5-10-19(18)35-2)29-24(30-22(20)33)32-13-11-31(12-14-32)17-8-6-7-16(15-17)25(26,27)28/h4-10,15,20-21H,3,11-14H2,1-2H3,(H,29,30,33)/t20-,21+/m0/s1. The van der Waals surface area contributed by atoms with Gasteiger partial charge in [-0.3, -0.25) is 14.9 Å². The number of ether oxygens (including phenoxy) is 2. The van der Waals surface area contributed by atoms with Crippen LogP contribution in [0.2, 0.25) is 0 Å². The van der Waals surface area contributed by atoms with Gasteiger partial charge < -0.3 is 19.3 Å². The Labute approximate surface area is 206 Å². The molecule has 0 radical (unpaired) electrons. The van der Waals surface area contributed by atoms with Crippen LogP contribution in [0.25, 0.3) is 0 Å². The highest BCUT2D eigenvalue weighted by molar-refractivity contribution is 6.08. The number of para-hydroxylation sites is 1. The summed E-state index contributed by atoms with van der Waals surface area (Å²) in [6, 6.07) is 11.4. The molecule has 1 fully saturated rings. The maximum Gasteiger partial charge on any atom is 0.416 e. The second-order valence-electron chi connectivity index (χ2n) is 8.38. The Bertz CT molecular complexity index is 1150. The lowest BCUT2D eigenvalue weighted by Crippen LogP contribution is -2.57. The highest BCUT2D eigenvalue weighted by Crippen LogP contribution is 2.36. The molecule has 0 spiro atoms. The molecule has 2 aliphatic heterocycles. The number of hydrogen-bond donors (Lipinski definition) is 1. The fourth-order valence-electron chi connectivity index (χ4n) is 4.41. The van der Waals surface area contributed by atoms with E-state index < -0.39 is 35.6 Å². The third kappa shape index (κ3) is 5.24. The lowest BCUT2D eigenvalue weighted by atomic mass is 9.90. The van der Waals surface area contributed by atoms with Gasteiger partial charge in [0.05, 0.1) is 19.3 Å². The summed E-state index contributed by atoms with van der Waals surface area (Å²) in [6.45, 7) is 3.47. The van der Waals surface area contributed by atoms with Crippen molar-refractivity contribution in [2.75, 3.05) is 44.8 Å². The first-order chi connectivity index (χ1) is 17.2. The number of guanidine groups is 1. The van der Waals surface area contributed by atoms with Crippen molar-refractivity contribution >= 4 is 23.5 Å². The maximum atomic E-state index is 13.1. The molecule has 1 N–H and O–H groups in total. The van der Waals surface area contributed by atoms with Crippen molar-refractivity contribution in [3.05, 3.63) is 59.7 Å². The number of rotatable bonds is 5. The van der Waals surface area contributed by atoms with Gasteiger partial charge in [-0.05, 0) is 31.2 Å². The molecule has 36 heavy (non-hydrogen) atoms. The molecule has 192 valence electrons. The van der Waals surface area contributed by atoms with E-state index in [1.165, 1.54) is 13.2 Å². The molecule has 2 aromatic carbocycles. The average Bonchev–Trinajstić information content (AvgIpc) is 2.88. The average molecular weight is 505 g/mol. The SMILES string of the molecule is CCOC(=O)[C@@H]1C(=O)NC(N2CCN(c3cccc(C(F)(F)F)c3)CC2)=N[C@@H]1c1ccccc1OC. The summed E-state index contributed by atoms with van der Waals surface area (Å²) in [6.07, 6.45) is -4.41. The van der Waals surface area contributed by atoms with E-state index in [4.69, 9.17) is 14.5 Å². The van der Waals surface area contributed by atoms with Crippen molar-refractivity contribution in [2.24, 2.45) is 10.9 Å². The van der Waals surface area contributed by atoms with Crippen molar-refractivity contribution < 1.29 is 32.2 Å². The molecule has 8 nitrogen and oxygen atoms in total. The van der Waals surface area contributed by atoms with Crippen LogP contribution in [0.4, 0.5) is 18.9 Å². The third-order valence-electron chi connectivity index (χ3n) is 6.21. The number of nitrogens with one attached hydrogen (secondary N) is 1. The van der Waals surface area contributed by atoms with E-state index in [1.54, 1.807) is 37.3 Å². The van der Waals surface area contributed by atoms with Gasteiger partial charge in [-0.25, -0.2) is 4.99 Å². The molecule has 2 atom stereocenters. The molecular weight excluding hydrogens is 477 g/mol. The predicted octanol–water partition coefficient (Wildman–Crippen LogP) is 3.24. The molecule has 4 rings (SSSR count). The van der Waals surface area contributed by atoms with Crippen LogP contribution in [-0.4, -0.2) is 62.6 Å². The number of halogens is 3. The van der Waals surface area contributed by atoms with E-state index in [9.17, 15) is 22.8 Å². The van der Waals surface area contributed by atoms with Gasteiger partial charge in [0.2, 0.25) is 11.9 Å². The van der Waals surface area contributed by atoms with Crippen LogP contribution in [0.1, 0.15) is 24.1 Å². The number of esters is 1. The second kappa shape index (κ2) is 10.5. The molecule has 0 aromatic heterocycles. The minimum atomic E-state index is -4.41. The second-order valence-corrected chi connectivity index (χ2v) is 8.38. The molecule has 0 unspecified atom stereocenters. The van der Waals surface area contributed by atoms with Gasteiger partial charge in [0.15, 0.2) is 5.92 Å². The predicted molar refractivity (Wildman–Crippen MR) is 127 cm³/mol. The van der Waals surface area contributed by atoms with E-state index in [-0.39, 0.29) is 6.61 Å². The first-order valence-corrected chi connectivity index (χ1v) is 11.6. The Morgan fingerprint density at radius 1 is 1.08 bits per heavy atom. The lowest BCUT2D eigenvalue weighted by Gasteiger charge is -2.40. The van der Waals surface area contributed by atoms with Crippen LogP contribution in [0.5, 0.6) is 5.75 Å². The van der Waals surface area contributed by atoms with E-state index in [0.29, 0.717) is 49.1 Å². The fourth-order valence-corrected chi connectivity index (χ4v) is 4.41. The number of methoxy groups -OCH3 is 1. The molecule has 11 heteroatoms. The first kappa shape index (κ1) is 25.3. The zero-order valence-corrected chi connectivity index (χ0v) is 19.9. The minimum absolute atomic E-state index is 0.120. The Balaban J connectivity index is 1.57. The van der Waals surface area contributed by atoms with Crippen LogP contribution in [-0.2, 0) is 20.5 Å². The summed E-state index contributed by atoms with van der Waals surface area (Å²) in [7, 11) is 1.50. The lowest BCUT2D eigenvalue weighted by molar-refractivity contribution is -0.153. The van der Waals surface area contributed by atoms with E-state index in [1.807, 2.05) is 9.80 Å². The van der Waals surface area contributed by atoms with Gasteiger partial charge in [-0.15, -0.1) is 0 Å². The number of anilines is 1. The molecule has 0 aliphatic carbocycles. The number of carbonyl (C=O) groups is 2. The van der Waals surface area contributed by atoms with Gasteiger partial charge in [-0.1, -0.05) is 24.3 Å². The van der Waals surface area contributed by atoms with E-state index in [0.717, 1.165) is 12.1 Å². The van der Waals surface area contributed by atoms with Crippen molar-refractivity contribution in [1.29, 1.82) is 0 Å². The maximum absolute atomic E-state index is 13.1. The number of aliphatic imine (C=N–C) groups is 1. The Morgan fingerprint density at radius 3 is 2.44 bits per heavy atom. The monoisotopic (exact) mass is 504 g/mol. The summed E-state index contributed by atoms with van der Waals surface area (Å²) in [5.41, 5.74) is 0.359. The number of carbonyl (C=O) groups excluding carboxylic acids is 2. The summed E-state index contributed by atoms with van der Waals surface area (Å²) < 4.78 is 49.9. The van der Waals surface area contributed by atoms with Crippen LogP contribution in [0.3, 0.4) is 0 Å². The van der Waals surface area contributed by atoms with Crippen LogP contribution < -0.4 is 15.0 Å². The quantitative estimate of drug-likeness (QED) is 0.497. The van der Waals surface area contributed by atoms with Gasteiger partial charge >= 0.3 is 12.1 Å². The van der Waals surface area contributed by atoms with Gasteiger partial charge in [-0.2, -0.15) is 13.2 Å². The molecular formula is C25H27F3N4O4. The number of hydrogen-bond acceptors (Lipinski definition) is 7. The van der Waals surface area contributed by atoms with E-state index >= 15 is 0 Å². The van der Waals surface area contributed by atoms with Gasteiger partial charge in [0, 0.05) is 37.4 Å². The zero-order valence-electron chi connectivity index (χ0n) is 19.9. The summed E-state index contributed by atoms with van der Waals surface area (Å²) >= 11 is 0. The molecule has 1 amide bonds. The molecule has 0 bridgehead atoms. The zero-order chi connectivity index (χ0) is 25.9. The van der Waals surface area contributed by atoms with Crippen LogP contribution >= 0.6 is 0 Å². The van der Waals surface area contributed by atoms with Crippen molar-refractivity contribution in [3.63, 3.8) is 0 Å². The van der Waals surface area contributed by atoms with Crippen molar-refractivity contribution in [2.45, 2.75) is 19.1 Å². The summed E-state index contributed by atoms with van der Waals surface area (Å²) in [5.74, 6) is -1.60. The highest BCUT2D eigenvalue weighted by atomic mass is 19.4. The molecule has 2 heterocycles. The third-order valence-corrected chi connectivity index (χ3v) is 6.21. The van der Waals surface area contributed by atoms with Gasteiger partial charge in [0.25, 0.3) is 0 Å². The largest absolute Gasteiger partial charge is 0.496 e. The van der Waals surface area contributed by atoms with Crippen molar-refractivity contribution in [1.82, 2.24) is 10.2 Å². The number of piperazine rings is 1. The van der Waals surface area contributed by atoms with Gasteiger partial charge in [0.1, 0.15) is 11.8 Å². The fraction of sp³-hybridized carbons (Fsp3) is 0.400. The molecule has 1 saturated heterocycles. The summed E-state index contributed by atoms with van der Waals surface area (Å²) in [5, 5.41) is 2.72. The highest BCUT2D eigenvalue weighted by Gasteiger charge is 2.43. The topological polar surface area (TPSA) is 83.5 Å².